The van der Waals surface area contributed by atoms with Crippen molar-refractivity contribution in [3.05, 3.63) is 57.6 Å². The quantitative estimate of drug-likeness (QED) is 0.585. The zero-order valence-electron chi connectivity index (χ0n) is 19.2. The molecule has 0 fully saturated rings. The van der Waals surface area contributed by atoms with E-state index >= 15 is 0 Å². The van der Waals surface area contributed by atoms with Crippen molar-refractivity contribution in [2.75, 3.05) is 0 Å². The van der Waals surface area contributed by atoms with Gasteiger partial charge in [-0.1, -0.05) is 90.3 Å². The van der Waals surface area contributed by atoms with E-state index in [2.05, 4.69) is 86.6 Å². The molecule has 28 heavy (non-hydrogen) atoms. The van der Waals surface area contributed by atoms with E-state index in [9.17, 15) is 10.2 Å². The van der Waals surface area contributed by atoms with Crippen LogP contribution in [0.2, 0.25) is 0 Å². The first kappa shape index (κ1) is 22.3. The Morgan fingerprint density at radius 1 is 0.714 bits per heavy atom. The molecule has 0 aliphatic carbocycles. The van der Waals surface area contributed by atoms with Gasteiger partial charge in [0.05, 0.1) is 0 Å². The number of benzene rings is 2. The number of phenolic OH excluding ortho intramolecular Hbond substituents is 2. The summed E-state index contributed by atoms with van der Waals surface area (Å²) < 4.78 is 0. The maximum absolute atomic E-state index is 11.2. The van der Waals surface area contributed by atoms with Crippen LogP contribution in [0, 0.1) is 13.8 Å². The summed E-state index contributed by atoms with van der Waals surface area (Å²) in [6.45, 7) is 19.1. The number of hydrogen-bond donors (Lipinski definition) is 2. The van der Waals surface area contributed by atoms with Gasteiger partial charge in [-0.3, -0.25) is 0 Å². The molecule has 0 bridgehead atoms. The normalized spacial score (nSPS) is 12.6. The standard InChI is InChI=1S/C26H38O2/c1-10-11-18(19-12-16(2)14-21(23(19)27)25(4,5)6)20-13-17(3)15-22(24(20)28)26(7,8)9/h12-15,18,27-28H,10-11H2,1-9H3. The molecular formula is C26H38O2. The molecule has 0 unspecified atom stereocenters. The van der Waals surface area contributed by atoms with Gasteiger partial charge in [0.1, 0.15) is 11.5 Å². The minimum absolute atomic E-state index is 0.0352. The Morgan fingerprint density at radius 2 is 1.07 bits per heavy atom. The van der Waals surface area contributed by atoms with Crippen LogP contribution in [-0.4, -0.2) is 10.2 Å². The minimum Gasteiger partial charge on any atom is -0.507 e. The van der Waals surface area contributed by atoms with Gasteiger partial charge in [-0.05, 0) is 42.2 Å². The molecule has 2 aromatic carbocycles. The smallest absolute Gasteiger partial charge is 0.123 e. The number of phenols is 2. The Bertz CT molecular complexity index is 779. The molecule has 2 nitrogen and oxygen atoms in total. The van der Waals surface area contributed by atoms with Crippen molar-refractivity contribution < 1.29 is 10.2 Å². The van der Waals surface area contributed by atoms with Crippen LogP contribution >= 0.6 is 0 Å². The summed E-state index contributed by atoms with van der Waals surface area (Å²) in [7, 11) is 0. The molecule has 2 aromatic rings. The van der Waals surface area contributed by atoms with Gasteiger partial charge in [0.15, 0.2) is 0 Å². The number of aromatic hydroxyl groups is 2. The van der Waals surface area contributed by atoms with E-state index < -0.39 is 0 Å². The fourth-order valence-electron chi connectivity index (χ4n) is 4.06. The molecule has 0 saturated carbocycles. The van der Waals surface area contributed by atoms with E-state index in [0.29, 0.717) is 11.5 Å². The molecule has 154 valence electrons. The third kappa shape index (κ3) is 4.54. The zero-order valence-corrected chi connectivity index (χ0v) is 19.2. The van der Waals surface area contributed by atoms with Crippen LogP contribution in [-0.2, 0) is 10.8 Å². The van der Waals surface area contributed by atoms with Crippen molar-refractivity contribution in [3.8, 4) is 11.5 Å². The van der Waals surface area contributed by atoms with E-state index in [0.717, 1.165) is 46.2 Å². The second-order valence-electron chi connectivity index (χ2n) is 10.3. The highest BCUT2D eigenvalue weighted by Crippen LogP contribution is 2.46. The summed E-state index contributed by atoms with van der Waals surface area (Å²) in [5, 5.41) is 22.4. The Balaban J connectivity index is 2.79. The summed E-state index contributed by atoms with van der Waals surface area (Å²) in [4.78, 5) is 0. The van der Waals surface area contributed by atoms with Gasteiger partial charge in [0, 0.05) is 17.0 Å². The summed E-state index contributed by atoms with van der Waals surface area (Å²) in [5.74, 6) is 0.705. The molecule has 0 aliphatic heterocycles. The molecule has 0 atom stereocenters. The lowest BCUT2D eigenvalue weighted by Crippen LogP contribution is -2.15. The van der Waals surface area contributed by atoms with Crippen molar-refractivity contribution in [1.29, 1.82) is 0 Å². The summed E-state index contributed by atoms with van der Waals surface area (Å²) in [6.07, 6.45) is 1.85. The fraction of sp³-hybridized carbons (Fsp3) is 0.538. The highest BCUT2D eigenvalue weighted by atomic mass is 16.3. The lowest BCUT2D eigenvalue weighted by molar-refractivity contribution is 0.425. The van der Waals surface area contributed by atoms with Crippen molar-refractivity contribution in [1.82, 2.24) is 0 Å². The summed E-state index contributed by atoms with van der Waals surface area (Å²) in [5.41, 5.74) is 5.77. The molecule has 0 saturated heterocycles. The highest BCUT2D eigenvalue weighted by molar-refractivity contribution is 5.56. The van der Waals surface area contributed by atoms with E-state index in [4.69, 9.17) is 0 Å². The second-order valence-corrected chi connectivity index (χ2v) is 10.3. The van der Waals surface area contributed by atoms with Gasteiger partial charge in [0.25, 0.3) is 0 Å². The van der Waals surface area contributed by atoms with Crippen LogP contribution in [0.1, 0.15) is 101 Å². The molecule has 2 heteroatoms. The van der Waals surface area contributed by atoms with Gasteiger partial charge >= 0.3 is 0 Å². The summed E-state index contributed by atoms with van der Waals surface area (Å²) in [6, 6.07) is 8.34. The van der Waals surface area contributed by atoms with E-state index in [1.807, 2.05) is 0 Å². The average molecular weight is 383 g/mol. The number of rotatable bonds is 4. The van der Waals surface area contributed by atoms with Crippen molar-refractivity contribution in [3.63, 3.8) is 0 Å². The number of hydrogen-bond acceptors (Lipinski definition) is 2. The number of aryl methyl sites for hydroxylation is 2. The molecular weight excluding hydrogens is 344 g/mol. The van der Waals surface area contributed by atoms with Gasteiger partial charge in [-0.15, -0.1) is 0 Å². The maximum Gasteiger partial charge on any atom is 0.123 e. The van der Waals surface area contributed by atoms with Gasteiger partial charge in [0.2, 0.25) is 0 Å². The van der Waals surface area contributed by atoms with E-state index in [1.54, 1.807) is 0 Å². The molecule has 0 aliphatic rings. The first-order chi connectivity index (χ1) is 12.8. The van der Waals surface area contributed by atoms with Crippen LogP contribution in [0.4, 0.5) is 0 Å². The van der Waals surface area contributed by atoms with Crippen LogP contribution in [0.15, 0.2) is 24.3 Å². The Labute approximate surface area is 171 Å². The topological polar surface area (TPSA) is 40.5 Å². The predicted octanol–water partition coefficient (Wildman–Crippen LogP) is 7.24. The molecule has 0 heterocycles. The zero-order chi connectivity index (χ0) is 21.4. The molecule has 2 rings (SSSR count). The Morgan fingerprint density at radius 3 is 1.36 bits per heavy atom. The van der Waals surface area contributed by atoms with Crippen LogP contribution < -0.4 is 0 Å². The molecule has 0 amide bonds. The second kappa shape index (κ2) is 7.81. The van der Waals surface area contributed by atoms with Gasteiger partial charge in [-0.2, -0.15) is 0 Å². The highest BCUT2D eigenvalue weighted by Gasteiger charge is 2.29. The lowest BCUT2D eigenvalue weighted by Gasteiger charge is -2.29. The third-order valence-corrected chi connectivity index (χ3v) is 5.51. The molecule has 0 radical (unpaired) electrons. The third-order valence-electron chi connectivity index (χ3n) is 5.51. The first-order valence-corrected chi connectivity index (χ1v) is 10.4. The van der Waals surface area contributed by atoms with Crippen LogP contribution in [0.3, 0.4) is 0 Å². The Hall–Kier alpha value is -1.96. The molecule has 2 N–H and O–H groups in total. The van der Waals surface area contributed by atoms with E-state index in [1.165, 1.54) is 0 Å². The molecule has 0 spiro atoms. The largest absolute Gasteiger partial charge is 0.507 e. The van der Waals surface area contributed by atoms with Crippen LogP contribution in [0.25, 0.3) is 0 Å². The lowest BCUT2D eigenvalue weighted by atomic mass is 9.77. The fourth-order valence-corrected chi connectivity index (χ4v) is 4.06. The van der Waals surface area contributed by atoms with E-state index in [-0.39, 0.29) is 16.7 Å². The average Bonchev–Trinajstić information content (AvgIpc) is 2.54. The summed E-state index contributed by atoms with van der Waals surface area (Å²) >= 11 is 0. The van der Waals surface area contributed by atoms with Crippen LogP contribution in [0.5, 0.6) is 11.5 Å². The SMILES string of the molecule is CCCC(c1cc(C)cc(C(C)(C)C)c1O)c1cc(C)cc(C(C)(C)C)c1O. The first-order valence-electron chi connectivity index (χ1n) is 10.4. The van der Waals surface area contributed by atoms with Crippen molar-refractivity contribution in [2.24, 2.45) is 0 Å². The monoisotopic (exact) mass is 382 g/mol. The maximum atomic E-state index is 11.2. The predicted molar refractivity (Wildman–Crippen MR) is 120 cm³/mol. The Kier molecular flexibility index (Phi) is 6.23. The van der Waals surface area contributed by atoms with Gasteiger partial charge < -0.3 is 10.2 Å². The van der Waals surface area contributed by atoms with Gasteiger partial charge in [-0.25, -0.2) is 0 Å². The van der Waals surface area contributed by atoms with Crippen molar-refractivity contribution in [2.45, 2.75) is 91.9 Å². The molecule has 0 aromatic heterocycles. The van der Waals surface area contributed by atoms with Crippen molar-refractivity contribution >= 4 is 0 Å². The minimum atomic E-state index is -0.146.